The van der Waals surface area contributed by atoms with Crippen molar-refractivity contribution in [2.24, 2.45) is 0 Å². The van der Waals surface area contributed by atoms with Gasteiger partial charge in [-0.05, 0) is 24.3 Å². The molecule has 0 bridgehead atoms. The summed E-state index contributed by atoms with van der Waals surface area (Å²) in [6, 6.07) is 7.93. The van der Waals surface area contributed by atoms with E-state index < -0.39 is 0 Å². The number of aromatic nitrogens is 2. The van der Waals surface area contributed by atoms with Crippen LogP contribution in [0.25, 0.3) is 21.9 Å². The summed E-state index contributed by atoms with van der Waals surface area (Å²) in [4.78, 5) is 7.52. The molecule has 0 saturated heterocycles. The van der Waals surface area contributed by atoms with Gasteiger partial charge in [-0.3, -0.25) is 0 Å². The lowest BCUT2D eigenvalue weighted by atomic mass is 10.2. The van der Waals surface area contributed by atoms with Crippen LogP contribution in [0, 0.1) is 0 Å². The number of aromatic amines is 1. The first-order valence-electron chi connectivity index (χ1n) is 5.03. The van der Waals surface area contributed by atoms with Gasteiger partial charge >= 0.3 is 0 Å². The van der Waals surface area contributed by atoms with E-state index >= 15 is 0 Å². The fourth-order valence-electron chi connectivity index (χ4n) is 1.93. The Kier molecular flexibility index (Phi) is 2.01. The van der Waals surface area contributed by atoms with E-state index in [1.165, 1.54) is 0 Å². The first-order chi connectivity index (χ1) is 7.79. The molecule has 0 aliphatic heterocycles. The van der Waals surface area contributed by atoms with Gasteiger partial charge in [0.1, 0.15) is 5.65 Å². The summed E-state index contributed by atoms with van der Waals surface area (Å²) >= 11 is 6.19. The Morgan fingerprint density at radius 1 is 1.31 bits per heavy atom. The van der Waals surface area contributed by atoms with Crippen molar-refractivity contribution in [3.8, 4) is 0 Å². The fraction of sp³-hybridized carbons (Fsp3) is 0.0833. The fourth-order valence-corrected chi connectivity index (χ4v) is 2.18. The van der Waals surface area contributed by atoms with Crippen LogP contribution in [-0.2, 0) is 0 Å². The lowest BCUT2D eigenvalue weighted by molar-refractivity contribution is 1.35. The molecule has 0 spiro atoms. The van der Waals surface area contributed by atoms with Crippen LogP contribution in [0.15, 0.2) is 30.5 Å². The predicted molar refractivity (Wildman–Crippen MR) is 68.2 cm³/mol. The normalized spacial score (nSPS) is 11.1. The van der Waals surface area contributed by atoms with Crippen LogP contribution in [0.4, 0.5) is 5.69 Å². The van der Waals surface area contributed by atoms with Gasteiger partial charge in [0.25, 0.3) is 0 Å². The maximum atomic E-state index is 6.19. The highest BCUT2D eigenvalue weighted by Gasteiger charge is 2.08. The molecule has 0 saturated carbocycles. The topological polar surface area (TPSA) is 40.7 Å². The molecule has 0 radical (unpaired) electrons. The zero-order chi connectivity index (χ0) is 11.1. The lowest BCUT2D eigenvalue weighted by Gasteiger charge is -1.99. The van der Waals surface area contributed by atoms with Crippen molar-refractivity contribution in [1.82, 2.24) is 9.97 Å². The number of rotatable bonds is 1. The van der Waals surface area contributed by atoms with Crippen molar-refractivity contribution in [3.05, 3.63) is 35.5 Å². The third-order valence-corrected chi connectivity index (χ3v) is 3.05. The number of H-pyrrole nitrogens is 1. The largest absolute Gasteiger partial charge is 0.388 e. The molecule has 2 heterocycles. The SMILES string of the molecule is CNc1ccc2[nH]c3nccc(Cl)c3c2c1. The second-order valence-corrected chi connectivity index (χ2v) is 4.06. The van der Waals surface area contributed by atoms with E-state index in [0.29, 0.717) is 0 Å². The lowest BCUT2D eigenvalue weighted by Crippen LogP contribution is -1.86. The smallest absolute Gasteiger partial charge is 0.139 e. The number of anilines is 1. The molecule has 3 aromatic rings. The van der Waals surface area contributed by atoms with Crippen LogP contribution < -0.4 is 5.32 Å². The minimum Gasteiger partial charge on any atom is -0.388 e. The number of benzene rings is 1. The number of halogens is 1. The summed E-state index contributed by atoms with van der Waals surface area (Å²) < 4.78 is 0. The van der Waals surface area contributed by atoms with Gasteiger partial charge in [0.05, 0.1) is 5.02 Å². The predicted octanol–water partition coefficient (Wildman–Crippen LogP) is 3.41. The molecule has 0 amide bonds. The van der Waals surface area contributed by atoms with Crippen molar-refractivity contribution in [2.45, 2.75) is 0 Å². The molecule has 0 fully saturated rings. The molecule has 3 rings (SSSR count). The molecule has 0 aliphatic rings. The monoisotopic (exact) mass is 231 g/mol. The summed E-state index contributed by atoms with van der Waals surface area (Å²) in [5.74, 6) is 0. The Labute approximate surface area is 97.4 Å². The van der Waals surface area contributed by atoms with E-state index in [9.17, 15) is 0 Å². The molecular formula is C12H10ClN3. The van der Waals surface area contributed by atoms with Crippen LogP contribution in [0.1, 0.15) is 0 Å². The average Bonchev–Trinajstić information content (AvgIpc) is 2.67. The molecule has 2 aromatic heterocycles. The molecular weight excluding hydrogens is 222 g/mol. The number of hydrogen-bond acceptors (Lipinski definition) is 2. The molecule has 4 heteroatoms. The molecule has 80 valence electrons. The first kappa shape index (κ1) is 9.48. The molecule has 0 aliphatic carbocycles. The van der Waals surface area contributed by atoms with Gasteiger partial charge in [0.2, 0.25) is 0 Å². The van der Waals surface area contributed by atoms with Crippen molar-refractivity contribution >= 4 is 39.2 Å². The molecule has 2 N–H and O–H groups in total. The van der Waals surface area contributed by atoms with Crippen molar-refractivity contribution in [2.75, 3.05) is 12.4 Å². The molecule has 1 aromatic carbocycles. The van der Waals surface area contributed by atoms with Crippen LogP contribution in [0.5, 0.6) is 0 Å². The van der Waals surface area contributed by atoms with E-state index in [1.807, 2.05) is 25.2 Å². The van der Waals surface area contributed by atoms with Gasteiger partial charge in [0.15, 0.2) is 0 Å². The molecule has 0 atom stereocenters. The van der Waals surface area contributed by atoms with E-state index in [-0.39, 0.29) is 0 Å². The summed E-state index contributed by atoms with van der Waals surface area (Å²) in [7, 11) is 1.90. The number of hydrogen-bond donors (Lipinski definition) is 2. The average molecular weight is 232 g/mol. The summed E-state index contributed by atoms with van der Waals surface area (Å²) in [5.41, 5.74) is 2.94. The zero-order valence-corrected chi connectivity index (χ0v) is 9.47. The summed E-state index contributed by atoms with van der Waals surface area (Å²) in [6.07, 6.45) is 1.71. The first-order valence-corrected chi connectivity index (χ1v) is 5.41. The highest BCUT2D eigenvalue weighted by molar-refractivity contribution is 6.37. The number of nitrogens with one attached hydrogen (secondary N) is 2. The third-order valence-electron chi connectivity index (χ3n) is 2.73. The van der Waals surface area contributed by atoms with E-state index in [1.54, 1.807) is 6.20 Å². The van der Waals surface area contributed by atoms with Gasteiger partial charge in [-0.1, -0.05) is 11.6 Å². The van der Waals surface area contributed by atoms with Crippen LogP contribution in [0.3, 0.4) is 0 Å². The zero-order valence-electron chi connectivity index (χ0n) is 8.71. The number of pyridine rings is 1. The van der Waals surface area contributed by atoms with Gasteiger partial charge < -0.3 is 10.3 Å². The van der Waals surface area contributed by atoms with Gasteiger partial charge in [-0.15, -0.1) is 0 Å². The Hall–Kier alpha value is -1.74. The number of fused-ring (bicyclic) bond motifs is 3. The minimum atomic E-state index is 0.726. The van der Waals surface area contributed by atoms with Crippen LogP contribution in [0.2, 0.25) is 5.02 Å². The molecule has 0 unspecified atom stereocenters. The molecule has 16 heavy (non-hydrogen) atoms. The third kappa shape index (κ3) is 1.25. The Bertz CT molecular complexity index is 672. The van der Waals surface area contributed by atoms with E-state index in [0.717, 1.165) is 32.6 Å². The van der Waals surface area contributed by atoms with Crippen molar-refractivity contribution in [1.29, 1.82) is 0 Å². The molecule has 3 nitrogen and oxygen atoms in total. The van der Waals surface area contributed by atoms with Gasteiger partial charge in [0, 0.05) is 35.2 Å². The Morgan fingerprint density at radius 3 is 3.00 bits per heavy atom. The second-order valence-electron chi connectivity index (χ2n) is 3.65. The quantitative estimate of drug-likeness (QED) is 0.674. The maximum Gasteiger partial charge on any atom is 0.139 e. The summed E-state index contributed by atoms with van der Waals surface area (Å²) in [6.45, 7) is 0. The van der Waals surface area contributed by atoms with Crippen molar-refractivity contribution < 1.29 is 0 Å². The van der Waals surface area contributed by atoms with Gasteiger partial charge in [-0.2, -0.15) is 0 Å². The van der Waals surface area contributed by atoms with E-state index in [4.69, 9.17) is 11.6 Å². The highest BCUT2D eigenvalue weighted by Crippen LogP contribution is 2.31. The van der Waals surface area contributed by atoms with Crippen molar-refractivity contribution in [3.63, 3.8) is 0 Å². The highest BCUT2D eigenvalue weighted by atomic mass is 35.5. The Morgan fingerprint density at radius 2 is 2.19 bits per heavy atom. The Balaban J connectivity index is 2.50. The van der Waals surface area contributed by atoms with Crippen LogP contribution >= 0.6 is 11.6 Å². The minimum absolute atomic E-state index is 0.726. The van der Waals surface area contributed by atoms with Crippen LogP contribution in [-0.4, -0.2) is 17.0 Å². The standard InChI is InChI=1S/C12H10ClN3/c1-14-7-2-3-10-8(6-7)11-9(13)4-5-15-12(11)16-10/h2-6,14H,1H3,(H,15,16). The number of nitrogens with zero attached hydrogens (tertiary/aromatic N) is 1. The van der Waals surface area contributed by atoms with E-state index in [2.05, 4.69) is 21.4 Å². The summed E-state index contributed by atoms with van der Waals surface area (Å²) in [5, 5.41) is 5.92. The maximum absolute atomic E-state index is 6.19. The second kappa shape index (κ2) is 3.39. The van der Waals surface area contributed by atoms with Gasteiger partial charge in [-0.25, -0.2) is 4.98 Å².